The molecule has 0 aliphatic heterocycles. The average molecular weight is 261 g/mol. The molecule has 1 atom stereocenters. The molecule has 0 aliphatic rings. The Bertz CT molecular complexity index is 578. The van der Waals surface area contributed by atoms with Gasteiger partial charge >= 0.3 is 0 Å². The Hall–Kier alpha value is -1.88. The highest BCUT2D eigenvalue weighted by atomic mass is 16.5. The molecular formula is C14H19N3O2. The highest BCUT2D eigenvalue weighted by Gasteiger charge is 2.15. The third kappa shape index (κ3) is 2.93. The predicted octanol–water partition coefficient (Wildman–Crippen LogP) is 2.51. The van der Waals surface area contributed by atoms with Crippen molar-refractivity contribution in [1.82, 2.24) is 10.1 Å². The van der Waals surface area contributed by atoms with Gasteiger partial charge in [-0.25, -0.2) is 0 Å². The molecule has 2 N–H and O–H groups in total. The van der Waals surface area contributed by atoms with Gasteiger partial charge in [0.2, 0.25) is 0 Å². The van der Waals surface area contributed by atoms with E-state index >= 15 is 0 Å². The van der Waals surface area contributed by atoms with Crippen LogP contribution >= 0.6 is 0 Å². The minimum Gasteiger partial charge on any atom is -0.398 e. The monoisotopic (exact) mass is 261 g/mol. The van der Waals surface area contributed by atoms with Crippen LogP contribution in [-0.2, 0) is 11.2 Å². The van der Waals surface area contributed by atoms with Gasteiger partial charge in [-0.2, -0.15) is 4.98 Å². The third-order valence-electron chi connectivity index (χ3n) is 3.10. The Morgan fingerprint density at radius 2 is 2.11 bits per heavy atom. The number of ether oxygens (including phenoxy) is 1. The first-order valence-electron chi connectivity index (χ1n) is 6.23. The molecule has 1 aromatic carbocycles. The van der Waals surface area contributed by atoms with E-state index in [1.165, 1.54) is 0 Å². The maximum atomic E-state index is 6.07. The number of aryl methyl sites for hydroxylation is 2. The van der Waals surface area contributed by atoms with Gasteiger partial charge in [-0.05, 0) is 38.0 Å². The fourth-order valence-electron chi connectivity index (χ4n) is 1.94. The van der Waals surface area contributed by atoms with E-state index in [-0.39, 0.29) is 6.10 Å². The van der Waals surface area contributed by atoms with E-state index in [1.54, 1.807) is 7.11 Å². The van der Waals surface area contributed by atoms with Gasteiger partial charge in [-0.15, -0.1) is 0 Å². The minimum atomic E-state index is 0.0574. The lowest BCUT2D eigenvalue weighted by Gasteiger charge is -2.06. The van der Waals surface area contributed by atoms with Crippen LogP contribution in [-0.4, -0.2) is 23.4 Å². The third-order valence-corrected chi connectivity index (χ3v) is 3.10. The van der Waals surface area contributed by atoms with Crippen molar-refractivity contribution in [2.24, 2.45) is 0 Å². The zero-order chi connectivity index (χ0) is 14.0. The summed E-state index contributed by atoms with van der Waals surface area (Å²) in [6.45, 7) is 5.94. The molecule has 2 rings (SSSR count). The summed E-state index contributed by atoms with van der Waals surface area (Å²) in [6.07, 6.45) is 0.673. The summed E-state index contributed by atoms with van der Waals surface area (Å²) in [5.41, 5.74) is 9.67. The minimum absolute atomic E-state index is 0.0574. The first kappa shape index (κ1) is 13.5. The summed E-state index contributed by atoms with van der Waals surface area (Å²) in [6, 6.07) is 3.99. The standard InChI is InChI=1S/C14H19N3O2/c1-8-5-9(2)13(15)11(6-8)14-16-12(17-19-14)7-10(3)18-4/h5-6,10H,7,15H2,1-4H3. The van der Waals surface area contributed by atoms with E-state index in [9.17, 15) is 0 Å². The zero-order valence-corrected chi connectivity index (χ0v) is 11.7. The molecule has 0 radical (unpaired) electrons. The number of hydrogen-bond acceptors (Lipinski definition) is 5. The van der Waals surface area contributed by atoms with Crippen LogP contribution in [0.3, 0.4) is 0 Å². The molecule has 0 aliphatic carbocycles. The summed E-state index contributed by atoms with van der Waals surface area (Å²) in [5.74, 6) is 1.09. The SMILES string of the molecule is COC(C)Cc1noc(-c2cc(C)cc(C)c2N)n1. The number of aromatic nitrogens is 2. The summed E-state index contributed by atoms with van der Waals surface area (Å²) in [4.78, 5) is 4.37. The number of rotatable bonds is 4. The Kier molecular flexibility index (Phi) is 3.85. The van der Waals surface area contributed by atoms with E-state index in [2.05, 4.69) is 10.1 Å². The Labute approximate surface area is 112 Å². The van der Waals surface area contributed by atoms with Gasteiger partial charge in [0, 0.05) is 19.2 Å². The van der Waals surface area contributed by atoms with Crippen LogP contribution in [0.4, 0.5) is 5.69 Å². The van der Waals surface area contributed by atoms with Crippen LogP contribution in [0.15, 0.2) is 16.7 Å². The Balaban J connectivity index is 2.33. The number of methoxy groups -OCH3 is 1. The van der Waals surface area contributed by atoms with Crippen LogP contribution < -0.4 is 5.73 Å². The molecule has 1 unspecified atom stereocenters. The molecule has 1 aromatic heterocycles. The van der Waals surface area contributed by atoms with Gasteiger partial charge in [0.05, 0.1) is 11.7 Å². The molecule has 0 saturated heterocycles. The van der Waals surface area contributed by atoms with Crippen LogP contribution in [0.5, 0.6) is 0 Å². The predicted molar refractivity (Wildman–Crippen MR) is 73.8 cm³/mol. The van der Waals surface area contributed by atoms with Crippen molar-refractivity contribution in [3.05, 3.63) is 29.1 Å². The molecule has 5 heteroatoms. The highest BCUT2D eigenvalue weighted by molar-refractivity contribution is 5.74. The lowest BCUT2D eigenvalue weighted by atomic mass is 10.0. The number of nitrogens with zero attached hydrogens (tertiary/aromatic N) is 2. The summed E-state index contributed by atoms with van der Waals surface area (Å²) in [7, 11) is 1.66. The van der Waals surface area contributed by atoms with Crippen molar-refractivity contribution in [2.75, 3.05) is 12.8 Å². The fourth-order valence-corrected chi connectivity index (χ4v) is 1.94. The quantitative estimate of drug-likeness (QED) is 0.856. The molecule has 5 nitrogen and oxygen atoms in total. The molecule has 0 amide bonds. The zero-order valence-electron chi connectivity index (χ0n) is 11.7. The van der Waals surface area contributed by atoms with Crippen LogP contribution in [0.25, 0.3) is 11.5 Å². The van der Waals surface area contributed by atoms with Crippen molar-refractivity contribution in [2.45, 2.75) is 33.3 Å². The molecule has 102 valence electrons. The molecule has 0 fully saturated rings. The summed E-state index contributed by atoms with van der Waals surface area (Å²) >= 11 is 0. The number of nitrogen functional groups attached to an aromatic ring is 1. The molecule has 19 heavy (non-hydrogen) atoms. The van der Waals surface area contributed by atoms with E-state index in [1.807, 2.05) is 32.9 Å². The topological polar surface area (TPSA) is 74.2 Å². The second kappa shape index (κ2) is 5.40. The Morgan fingerprint density at radius 3 is 2.79 bits per heavy atom. The van der Waals surface area contributed by atoms with Crippen molar-refractivity contribution >= 4 is 5.69 Å². The second-order valence-electron chi connectivity index (χ2n) is 4.81. The smallest absolute Gasteiger partial charge is 0.260 e. The van der Waals surface area contributed by atoms with Crippen LogP contribution in [0.2, 0.25) is 0 Å². The molecule has 1 heterocycles. The normalized spacial score (nSPS) is 12.6. The molecule has 2 aromatic rings. The van der Waals surface area contributed by atoms with Gasteiger partial charge in [0.15, 0.2) is 5.82 Å². The number of hydrogen-bond donors (Lipinski definition) is 1. The van der Waals surface area contributed by atoms with Crippen molar-refractivity contribution < 1.29 is 9.26 Å². The van der Waals surface area contributed by atoms with Crippen molar-refractivity contribution in [3.63, 3.8) is 0 Å². The first-order chi connectivity index (χ1) is 9.01. The van der Waals surface area contributed by atoms with Crippen LogP contribution in [0.1, 0.15) is 23.9 Å². The summed E-state index contributed by atoms with van der Waals surface area (Å²) in [5, 5.41) is 3.96. The van der Waals surface area contributed by atoms with Crippen LogP contribution in [0, 0.1) is 13.8 Å². The fraction of sp³-hybridized carbons (Fsp3) is 0.429. The average Bonchev–Trinajstić information content (AvgIpc) is 2.81. The molecular weight excluding hydrogens is 242 g/mol. The number of nitrogens with two attached hydrogens (primary N) is 1. The van der Waals surface area contributed by atoms with Crippen molar-refractivity contribution in [1.29, 1.82) is 0 Å². The largest absolute Gasteiger partial charge is 0.398 e. The van der Waals surface area contributed by atoms with Gasteiger partial charge in [0.25, 0.3) is 5.89 Å². The highest BCUT2D eigenvalue weighted by Crippen LogP contribution is 2.28. The maximum Gasteiger partial charge on any atom is 0.260 e. The lowest BCUT2D eigenvalue weighted by molar-refractivity contribution is 0.116. The van der Waals surface area contributed by atoms with E-state index in [0.717, 1.165) is 16.7 Å². The lowest BCUT2D eigenvalue weighted by Crippen LogP contribution is -2.09. The number of benzene rings is 1. The van der Waals surface area contributed by atoms with Crippen molar-refractivity contribution in [3.8, 4) is 11.5 Å². The van der Waals surface area contributed by atoms with Gasteiger partial charge < -0.3 is 15.0 Å². The van der Waals surface area contributed by atoms with E-state index in [0.29, 0.717) is 23.8 Å². The van der Waals surface area contributed by atoms with E-state index < -0.39 is 0 Å². The van der Waals surface area contributed by atoms with Gasteiger partial charge in [-0.1, -0.05) is 11.2 Å². The summed E-state index contributed by atoms with van der Waals surface area (Å²) < 4.78 is 10.5. The Morgan fingerprint density at radius 1 is 1.37 bits per heavy atom. The first-order valence-corrected chi connectivity index (χ1v) is 6.23. The molecule has 0 saturated carbocycles. The number of anilines is 1. The molecule has 0 spiro atoms. The van der Waals surface area contributed by atoms with Gasteiger partial charge in [0.1, 0.15) is 0 Å². The second-order valence-corrected chi connectivity index (χ2v) is 4.81. The maximum absolute atomic E-state index is 6.07. The molecule has 0 bridgehead atoms. The van der Waals surface area contributed by atoms with E-state index in [4.69, 9.17) is 15.0 Å². The van der Waals surface area contributed by atoms with Gasteiger partial charge in [-0.3, -0.25) is 0 Å².